The molecule has 0 spiro atoms. The number of amides is 1. The number of hydrogen-bond acceptors (Lipinski definition) is 5. The largest absolute Gasteiger partial charge is 0.495 e. The zero-order chi connectivity index (χ0) is 19.8. The van der Waals surface area contributed by atoms with Crippen molar-refractivity contribution in [2.45, 2.75) is 18.7 Å². The highest BCUT2D eigenvalue weighted by molar-refractivity contribution is 7.91. The molecule has 0 radical (unpaired) electrons. The van der Waals surface area contributed by atoms with Gasteiger partial charge in [-0.3, -0.25) is 4.79 Å². The number of sulfone groups is 1. The standard InChI is InChI=1S/C19H20N2O4S2/c1-5-27(23,24)15-9-7-6-8-13(15)18(22)20-19-21(3)16-14(25-4)11-10-12(2)17(16)26-19/h6-11H,5H2,1-4H3. The van der Waals surface area contributed by atoms with Gasteiger partial charge in [0.15, 0.2) is 14.6 Å². The first-order chi connectivity index (χ1) is 12.8. The van der Waals surface area contributed by atoms with E-state index in [4.69, 9.17) is 4.74 Å². The van der Waals surface area contributed by atoms with Crippen molar-refractivity contribution in [3.8, 4) is 5.75 Å². The number of ether oxygens (including phenoxy) is 1. The van der Waals surface area contributed by atoms with Crippen LogP contribution in [0.5, 0.6) is 5.75 Å². The molecule has 2 aromatic carbocycles. The van der Waals surface area contributed by atoms with Gasteiger partial charge in [-0.25, -0.2) is 8.42 Å². The Balaban J connectivity index is 2.21. The molecule has 27 heavy (non-hydrogen) atoms. The summed E-state index contributed by atoms with van der Waals surface area (Å²) in [6.07, 6.45) is 0. The number of carbonyl (C=O) groups is 1. The van der Waals surface area contributed by atoms with Crippen LogP contribution in [0.1, 0.15) is 22.8 Å². The number of hydrogen-bond donors (Lipinski definition) is 0. The van der Waals surface area contributed by atoms with Crippen LogP contribution in [0.3, 0.4) is 0 Å². The normalized spacial score (nSPS) is 12.5. The highest BCUT2D eigenvalue weighted by Gasteiger charge is 2.21. The second kappa shape index (κ2) is 7.28. The minimum atomic E-state index is -3.52. The molecule has 3 aromatic rings. The molecule has 0 saturated heterocycles. The summed E-state index contributed by atoms with van der Waals surface area (Å²) in [6, 6.07) is 10.0. The molecule has 0 fully saturated rings. The van der Waals surface area contributed by atoms with Crippen molar-refractivity contribution in [1.29, 1.82) is 0 Å². The maximum Gasteiger partial charge on any atom is 0.280 e. The Kier molecular flexibility index (Phi) is 5.21. The average Bonchev–Trinajstić information content (AvgIpc) is 2.99. The van der Waals surface area contributed by atoms with Crippen LogP contribution >= 0.6 is 11.3 Å². The lowest BCUT2D eigenvalue weighted by Gasteiger charge is -2.06. The van der Waals surface area contributed by atoms with Crippen molar-refractivity contribution in [3.05, 3.63) is 52.3 Å². The van der Waals surface area contributed by atoms with Crippen LogP contribution in [-0.4, -0.2) is 31.8 Å². The molecule has 0 N–H and O–H groups in total. The van der Waals surface area contributed by atoms with E-state index in [2.05, 4.69) is 4.99 Å². The van der Waals surface area contributed by atoms with Gasteiger partial charge in [-0.1, -0.05) is 36.5 Å². The predicted molar refractivity (Wildman–Crippen MR) is 106 cm³/mol. The molecule has 0 atom stereocenters. The van der Waals surface area contributed by atoms with Gasteiger partial charge in [-0.05, 0) is 30.7 Å². The summed E-state index contributed by atoms with van der Waals surface area (Å²) in [5.41, 5.74) is 1.98. The third-order valence-electron chi connectivity index (χ3n) is 4.36. The van der Waals surface area contributed by atoms with Gasteiger partial charge in [0.25, 0.3) is 5.91 Å². The molecule has 0 aliphatic heterocycles. The van der Waals surface area contributed by atoms with Crippen molar-refractivity contribution in [2.75, 3.05) is 12.9 Å². The maximum absolute atomic E-state index is 12.8. The molecule has 142 valence electrons. The van der Waals surface area contributed by atoms with Crippen LogP contribution in [0.15, 0.2) is 46.3 Å². The van der Waals surface area contributed by atoms with Crippen molar-refractivity contribution in [3.63, 3.8) is 0 Å². The van der Waals surface area contributed by atoms with Crippen LogP contribution in [0.4, 0.5) is 0 Å². The summed E-state index contributed by atoms with van der Waals surface area (Å²) in [5, 5.41) is 0. The SMILES string of the molecule is CCS(=O)(=O)c1ccccc1C(=O)N=c1sc2c(C)ccc(OC)c2n1C. The molecule has 8 heteroatoms. The highest BCUT2D eigenvalue weighted by Crippen LogP contribution is 2.29. The quantitative estimate of drug-likeness (QED) is 0.669. The van der Waals surface area contributed by atoms with Gasteiger partial charge < -0.3 is 9.30 Å². The fourth-order valence-corrected chi connectivity index (χ4v) is 5.03. The number of fused-ring (bicyclic) bond motifs is 1. The zero-order valence-corrected chi connectivity index (χ0v) is 17.1. The molecule has 0 aliphatic carbocycles. The van der Waals surface area contributed by atoms with E-state index in [-0.39, 0.29) is 16.2 Å². The summed E-state index contributed by atoms with van der Waals surface area (Å²) < 4.78 is 32.8. The summed E-state index contributed by atoms with van der Waals surface area (Å²) >= 11 is 1.37. The monoisotopic (exact) mass is 404 g/mol. The van der Waals surface area contributed by atoms with Crippen LogP contribution in [0.2, 0.25) is 0 Å². The number of carbonyl (C=O) groups excluding carboxylic acids is 1. The van der Waals surface area contributed by atoms with E-state index in [0.717, 1.165) is 15.8 Å². The number of nitrogens with zero attached hydrogens (tertiary/aromatic N) is 2. The van der Waals surface area contributed by atoms with Crippen LogP contribution < -0.4 is 9.54 Å². The van der Waals surface area contributed by atoms with Crippen LogP contribution in [-0.2, 0) is 16.9 Å². The van der Waals surface area contributed by atoms with Gasteiger partial charge in [-0.2, -0.15) is 4.99 Å². The minimum Gasteiger partial charge on any atom is -0.495 e. The number of benzene rings is 2. The van der Waals surface area contributed by atoms with Crippen molar-refractivity contribution < 1.29 is 17.9 Å². The third-order valence-corrected chi connectivity index (χ3v) is 7.41. The Hall–Kier alpha value is -2.45. The van der Waals surface area contributed by atoms with Gasteiger partial charge in [0.05, 0.1) is 28.0 Å². The van der Waals surface area contributed by atoms with Crippen molar-refractivity contribution in [2.24, 2.45) is 12.0 Å². The Morgan fingerprint density at radius 2 is 1.93 bits per heavy atom. The first-order valence-corrected chi connectivity index (χ1v) is 10.8. The fourth-order valence-electron chi connectivity index (χ4n) is 2.84. The number of methoxy groups -OCH3 is 1. The Morgan fingerprint density at radius 3 is 2.59 bits per heavy atom. The van der Waals surface area contributed by atoms with Gasteiger partial charge in [-0.15, -0.1) is 0 Å². The van der Waals surface area contributed by atoms with E-state index in [1.54, 1.807) is 30.7 Å². The van der Waals surface area contributed by atoms with E-state index in [0.29, 0.717) is 10.6 Å². The van der Waals surface area contributed by atoms with E-state index in [1.807, 2.05) is 26.1 Å². The summed E-state index contributed by atoms with van der Waals surface area (Å²) in [5.74, 6) is 0.0308. The lowest BCUT2D eigenvalue weighted by molar-refractivity contribution is 0.0995. The van der Waals surface area contributed by atoms with Gasteiger partial charge in [0, 0.05) is 7.05 Å². The van der Waals surface area contributed by atoms with E-state index in [9.17, 15) is 13.2 Å². The molecule has 6 nitrogen and oxygen atoms in total. The lowest BCUT2D eigenvalue weighted by atomic mass is 10.2. The van der Waals surface area contributed by atoms with Gasteiger partial charge >= 0.3 is 0 Å². The molecular weight excluding hydrogens is 384 g/mol. The Labute approximate surface area is 161 Å². The second-order valence-electron chi connectivity index (χ2n) is 6.02. The number of aromatic nitrogens is 1. The molecule has 1 aromatic heterocycles. The Bertz CT molecular complexity index is 1200. The topological polar surface area (TPSA) is 77.7 Å². The Morgan fingerprint density at radius 1 is 1.22 bits per heavy atom. The van der Waals surface area contributed by atoms with E-state index in [1.165, 1.54) is 23.5 Å². The molecule has 1 amide bonds. The molecule has 0 saturated carbocycles. The van der Waals surface area contributed by atoms with Gasteiger partial charge in [0.1, 0.15) is 11.3 Å². The van der Waals surface area contributed by atoms with Crippen LogP contribution in [0.25, 0.3) is 10.2 Å². The van der Waals surface area contributed by atoms with Crippen molar-refractivity contribution >= 4 is 37.3 Å². The maximum atomic E-state index is 12.8. The molecule has 0 aliphatic rings. The van der Waals surface area contributed by atoms with Gasteiger partial charge in [0.2, 0.25) is 0 Å². The van der Waals surface area contributed by atoms with E-state index >= 15 is 0 Å². The molecular formula is C19H20N2O4S2. The zero-order valence-electron chi connectivity index (χ0n) is 15.5. The first-order valence-electron chi connectivity index (χ1n) is 8.34. The molecule has 3 rings (SSSR count). The third kappa shape index (κ3) is 3.42. The molecule has 1 heterocycles. The summed E-state index contributed by atoms with van der Waals surface area (Å²) in [4.78, 5) is 17.5. The van der Waals surface area contributed by atoms with Crippen molar-refractivity contribution in [1.82, 2.24) is 4.57 Å². The summed E-state index contributed by atoms with van der Waals surface area (Å²) in [6.45, 7) is 3.53. The number of rotatable bonds is 4. The highest BCUT2D eigenvalue weighted by atomic mass is 32.2. The molecule has 0 unspecified atom stereocenters. The number of aryl methyl sites for hydroxylation is 2. The number of thiazole rings is 1. The average molecular weight is 405 g/mol. The summed E-state index contributed by atoms with van der Waals surface area (Å²) in [7, 11) is -0.123. The van der Waals surface area contributed by atoms with Crippen LogP contribution in [0, 0.1) is 6.92 Å². The second-order valence-corrected chi connectivity index (χ2v) is 9.25. The smallest absolute Gasteiger partial charge is 0.280 e. The minimum absolute atomic E-state index is 0.0128. The lowest BCUT2D eigenvalue weighted by Crippen LogP contribution is -2.16. The fraction of sp³-hybridized carbons (Fsp3) is 0.263. The van der Waals surface area contributed by atoms with E-state index < -0.39 is 15.7 Å². The predicted octanol–water partition coefficient (Wildman–Crippen LogP) is 3.09. The molecule has 0 bridgehead atoms. The first kappa shape index (κ1) is 19.3.